The second kappa shape index (κ2) is 8.61. The average molecular weight is 484 g/mol. The monoisotopic (exact) mass is 483 g/mol. The molecule has 0 bridgehead atoms. The largest absolute Gasteiger partial charge is 0.492 e. The number of anilines is 1. The van der Waals surface area contributed by atoms with Crippen LogP contribution in [0.2, 0.25) is 5.02 Å². The zero-order chi connectivity index (χ0) is 23.2. The summed E-state index contributed by atoms with van der Waals surface area (Å²) in [5, 5.41) is 0.552. The Hall–Kier alpha value is -2.64. The molecule has 1 aromatic heterocycles. The normalized spacial score (nSPS) is 21.7. The number of hydrogen-bond donors (Lipinski definition) is 0. The van der Waals surface area contributed by atoms with Gasteiger partial charge in [-0.2, -0.15) is 0 Å². The number of halogens is 1. The van der Waals surface area contributed by atoms with E-state index in [1.165, 1.54) is 6.26 Å². The highest BCUT2D eigenvalue weighted by Crippen LogP contribution is 2.52. The Balaban J connectivity index is 1.16. The Morgan fingerprint density at radius 3 is 2.24 bits per heavy atom. The van der Waals surface area contributed by atoms with Crippen molar-refractivity contribution in [3.63, 3.8) is 0 Å². The number of rotatable bonds is 7. The molecule has 1 saturated carbocycles. The van der Waals surface area contributed by atoms with Crippen LogP contribution in [-0.4, -0.2) is 44.3 Å². The highest BCUT2D eigenvalue weighted by Gasteiger charge is 2.56. The lowest BCUT2D eigenvalue weighted by atomic mass is 10.1. The van der Waals surface area contributed by atoms with Gasteiger partial charge in [0, 0.05) is 37.7 Å². The van der Waals surface area contributed by atoms with E-state index in [4.69, 9.17) is 16.3 Å². The van der Waals surface area contributed by atoms with Crippen LogP contribution < -0.4 is 9.64 Å². The van der Waals surface area contributed by atoms with Gasteiger partial charge in [0.25, 0.3) is 0 Å². The van der Waals surface area contributed by atoms with E-state index in [1.807, 2.05) is 30.6 Å². The van der Waals surface area contributed by atoms with Crippen LogP contribution in [0.5, 0.6) is 5.75 Å². The van der Waals surface area contributed by atoms with Gasteiger partial charge >= 0.3 is 0 Å². The average Bonchev–Trinajstić information content (AvgIpc) is 3.26. The molecule has 2 aromatic carbocycles. The summed E-state index contributed by atoms with van der Waals surface area (Å²) in [5.74, 6) is 3.27. The van der Waals surface area contributed by atoms with Gasteiger partial charge in [-0.15, -0.1) is 0 Å². The Bertz CT molecular complexity index is 1250. The zero-order valence-corrected chi connectivity index (χ0v) is 20.2. The summed E-state index contributed by atoms with van der Waals surface area (Å²) >= 11 is 6.49. The maximum atomic E-state index is 11.7. The van der Waals surface area contributed by atoms with Gasteiger partial charge in [-0.3, -0.25) is 0 Å². The summed E-state index contributed by atoms with van der Waals surface area (Å²) in [7, 11) is -3.21. The molecular formula is C25H26ClN3O3S. The van der Waals surface area contributed by atoms with Gasteiger partial charge < -0.3 is 9.64 Å². The van der Waals surface area contributed by atoms with E-state index in [0.717, 1.165) is 42.1 Å². The molecule has 2 atom stereocenters. The lowest BCUT2D eigenvalue weighted by molar-refractivity contribution is 0.283. The first-order chi connectivity index (χ1) is 15.8. The number of fused-ring (bicyclic) bond motifs is 1. The summed E-state index contributed by atoms with van der Waals surface area (Å²) in [5.41, 5.74) is 2.98. The molecule has 33 heavy (non-hydrogen) atoms. The van der Waals surface area contributed by atoms with E-state index in [2.05, 4.69) is 21.8 Å². The lowest BCUT2D eigenvalue weighted by Gasteiger charge is -2.20. The molecule has 8 heteroatoms. The van der Waals surface area contributed by atoms with Gasteiger partial charge in [-0.25, -0.2) is 18.4 Å². The molecule has 6 nitrogen and oxygen atoms in total. The van der Waals surface area contributed by atoms with Gasteiger partial charge in [0.2, 0.25) is 5.95 Å². The van der Waals surface area contributed by atoms with Crippen LogP contribution in [0.3, 0.4) is 0 Å². The van der Waals surface area contributed by atoms with E-state index in [9.17, 15) is 8.42 Å². The van der Waals surface area contributed by atoms with E-state index in [0.29, 0.717) is 40.0 Å². The van der Waals surface area contributed by atoms with Gasteiger partial charge in [-0.1, -0.05) is 36.7 Å². The molecule has 1 saturated heterocycles. The quantitative estimate of drug-likeness (QED) is 0.492. The molecule has 0 radical (unpaired) electrons. The smallest absolute Gasteiger partial charge is 0.225 e. The predicted molar refractivity (Wildman–Crippen MR) is 130 cm³/mol. The van der Waals surface area contributed by atoms with Crippen molar-refractivity contribution in [2.75, 3.05) is 30.9 Å². The van der Waals surface area contributed by atoms with Crippen LogP contribution in [-0.2, 0) is 16.3 Å². The number of sulfone groups is 1. The minimum absolute atomic E-state index is 0.301. The van der Waals surface area contributed by atoms with E-state index < -0.39 is 9.84 Å². The Labute approximate surface area is 199 Å². The van der Waals surface area contributed by atoms with Crippen molar-refractivity contribution in [3.8, 4) is 16.9 Å². The first-order valence-electron chi connectivity index (χ1n) is 11.1. The van der Waals surface area contributed by atoms with Crippen LogP contribution >= 0.6 is 11.6 Å². The summed E-state index contributed by atoms with van der Waals surface area (Å²) in [6.07, 6.45) is 5.98. The second-order valence-electron chi connectivity index (χ2n) is 8.89. The fourth-order valence-electron chi connectivity index (χ4n) is 4.63. The van der Waals surface area contributed by atoms with Gasteiger partial charge in [-0.05, 0) is 59.2 Å². The minimum Gasteiger partial charge on any atom is -0.492 e. The minimum atomic E-state index is -3.21. The van der Waals surface area contributed by atoms with Crippen molar-refractivity contribution in [1.29, 1.82) is 0 Å². The third-order valence-corrected chi connectivity index (χ3v) is 8.16. The summed E-state index contributed by atoms with van der Waals surface area (Å²) in [4.78, 5) is 11.6. The van der Waals surface area contributed by atoms with Crippen LogP contribution in [0.1, 0.15) is 12.5 Å². The van der Waals surface area contributed by atoms with Crippen LogP contribution in [0, 0.1) is 17.8 Å². The van der Waals surface area contributed by atoms with Crippen LogP contribution in [0.25, 0.3) is 11.1 Å². The molecular weight excluding hydrogens is 458 g/mol. The summed E-state index contributed by atoms with van der Waals surface area (Å²) in [6, 6.07) is 12.5. The van der Waals surface area contributed by atoms with Crippen molar-refractivity contribution in [2.45, 2.75) is 18.2 Å². The van der Waals surface area contributed by atoms with E-state index in [-0.39, 0.29) is 0 Å². The fourth-order valence-corrected chi connectivity index (χ4v) is 5.50. The molecule has 172 valence electrons. The molecule has 1 aliphatic carbocycles. The number of benzene rings is 2. The predicted octanol–water partition coefficient (Wildman–Crippen LogP) is 4.52. The van der Waals surface area contributed by atoms with Crippen LogP contribution in [0.4, 0.5) is 5.95 Å². The summed E-state index contributed by atoms with van der Waals surface area (Å²) < 4.78 is 29.4. The molecule has 0 spiro atoms. The fraction of sp³-hybridized carbons (Fsp3) is 0.360. The highest BCUT2D eigenvalue weighted by atomic mass is 35.5. The SMILES string of the molecule is CCc1cnc(N2CC3C(COc4ccc(-c5ccc(S(C)(=O)=O)cc5)cc4Cl)C3C2)nc1. The topological polar surface area (TPSA) is 72.4 Å². The third-order valence-electron chi connectivity index (χ3n) is 6.73. The van der Waals surface area contributed by atoms with Gasteiger partial charge in [0.15, 0.2) is 9.84 Å². The van der Waals surface area contributed by atoms with Crippen LogP contribution in [0.15, 0.2) is 59.8 Å². The molecule has 3 aromatic rings. The first-order valence-corrected chi connectivity index (χ1v) is 13.4. The highest BCUT2D eigenvalue weighted by molar-refractivity contribution is 7.90. The van der Waals surface area contributed by atoms with Gasteiger partial charge in [0.05, 0.1) is 16.5 Å². The lowest BCUT2D eigenvalue weighted by Crippen LogP contribution is -2.27. The molecule has 1 aliphatic heterocycles. The number of aryl methyl sites for hydroxylation is 1. The summed E-state index contributed by atoms with van der Waals surface area (Å²) in [6.45, 7) is 4.70. The third kappa shape index (κ3) is 4.57. The molecule has 2 fully saturated rings. The van der Waals surface area contributed by atoms with Crippen molar-refractivity contribution in [3.05, 3.63) is 65.4 Å². The second-order valence-corrected chi connectivity index (χ2v) is 11.3. The number of piperidine rings is 1. The maximum absolute atomic E-state index is 11.7. The maximum Gasteiger partial charge on any atom is 0.225 e. The molecule has 0 amide bonds. The Morgan fingerprint density at radius 2 is 1.67 bits per heavy atom. The van der Waals surface area contributed by atoms with Crippen molar-refractivity contribution < 1.29 is 13.2 Å². The zero-order valence-electron chi connectivity index (χ0n) is 18.6. The standard InChI is InChI=1S/C25H26ClN3O3S/c1-3-16-11-27-25(28-12-16)29-13-20-21(14-29)22(20)15-32-24-9-6-18(10-23(24)26)17-4-7-19(8-5-17)33(2,30)31/h4-12,20-22H,3,13-15H2,1-2H3. The molecule has 5 rings (SSSR count). The van der Waals surface area contributed by atoms with E-state index in [1.54, 1.807) is 24.3 Å². The van der Waals surface area contributed by atoms with Crippen molar-refractivity contribution >= 4 is 27.4 Å². The molecule has 0 N–H and O–H groups in total. The first kappa shape index (κ1) is 22.2. The number of hydrogen-bond acceptors (Lipinski definition) is 6. The molecule has 2 heterocycles. The van der Waals surface area contributed by atoms with Gasteiger partial charge in [0.1, 0.15) is 5.75 Å². The van der Waals surface area contributed by atoms with E-state index >= 15 is 0 Å². The number of nitrogens with zero attached hydrogens (tertiary/aromatic N) is 3. The number of aromatic nitrogens is 2. The molecule has 2 unspecified atom stereocenters. The Morgan fingerprint density at radius 1 is 1.03 bits per heavy atom. The molecule has 2 aliphatic rings. The van der Waals surface area contributed by atoms with Crippen molar-refractivity contribution in [1.82, 2.24) is 9.97 Å². The number of ether oxygens (including phenoxy) is 1. The Kier molecular flexibility index (Phi) is 5.79. The van der Waals surface area contributed by atoms with Crippen molar-refractivity contribution in [2.24, 2.45) is 17.8 Å².